The van der Waals surface area contributed by atoms with Crippen LogP contribution in [-0.2, 0) is 20.9 Å². The van der Waals surface area contributed by atoms with Crippen molar-refractivity contribution in [2.45, 2.75) is 89.9 Å². The molecular formula is C26H42F2N6O2. The summed E-state index contributed by atoms with van der Waals surface area (Å²) in [5.74, 6) is -3.15. The second-order valence-corrected chi connectivity index (χ2v) is 11.6. The van der Waals surface area contributed by atoms with Crippen LogP contribution in [0.2, 0.25) is 0 Å². The maximum absolute atomic E-state index is 14.7. The number of rotatable bonds is 7. The number of carbonyl (C=O) groups is 1. The van der Waals surface area contributed by atoms with Gasteiger partial charge in [-0.25, -0.2) is 0 Å². The molecule has 1 amide bonds. The number of amides is 1. The average Bonchev–Trinajstić information content (AvgIpc) is 3.08. The molecule has 0 aromatic carbocycles. The molecule has 0 unspecified atom stereocenters. The molecule has 1 N–H and O–H groups in total. The van der Waals surface area contributed by atoms with E-state index in [4.69, 9.17) is 4.74 Å². The number of anilines is 1. The number of carbonyl (C=O) groups excluding carboxylic acids is 1. The Morgan fingerprint density at radius 3 is 2.58 bits per heavy atom. The third-order valence-electron chi connectivity index (χ3n) is 7.84. The van der Waals surface area contributed by atoms with Crippen molar-refractivity contribution >= 4 is 11.6 Å². The van der Waals surface area contributed by atoms with Crippen LogP contribution in [0, 0.1) is 0 Å². The Morgan fingerprint density at radius 2 is 1.92 bits per heavy atom. The van der Waals surface area contributed by atoms with E-state index in [9.17, 15) is 13.6 Å². The molecule has 10 heteroatoms. The summed E-state index contributed by atoms with van der Waals surface area (Å²) in [5, 5.41) is 11.6. The number of halogens is 2. The number of piperazine rings is 1. The minimum Gasteiger partial charge on any atom is -0.378 e. The molecule has 3 aliphatic rings. The van der Waals surface area contributed by atoms with E-state index < -0.39 is 11.3 Å². The van der Waals surface area contributed by atoms with Crippen molar-refractivity contribution < 1.29 is 18.3 Å². The molecule has 3 aliphatic heterocycles. The molecule has 36 heavy (non-hydrogen) atoms. The van der Waals surface area contributed by atoms with Crippen LogP contribution in [-0.4, -0.2) is 96.0 Å². The van der Waals surface area contributed by atoms with E-state index in [1.54, 1.807) is 11.8 Å². The van der Waals surface area contributed by atoms with Crippen LogP contribution in [0.5, 0.6) is 0 Å². The second kappa shape index (κ2) is 10.6. The van der Waals surface area contributed by atoms with Crippen LogP contribution < -0.4 is 10.2 Å². The third kappa shape index (κ3) is 5.56. The maximum Gasteiger partial charge on any atom is 0.291 e. The second-order valence-electron chi connectivity index (χ2n) is 11.6. The lowest BCUT2D eigenvalue weighted by Crippen LogP contribution is -2.63. The molecule has 4 rings (SSSR count). The number of ether oxygens (including phenoxy) is 1. The van der Waals surface area contributed by atoms with Crippen LogP contribution in [0.1, 0.15) is 65.8 Å². The first-order valence-electron chi connectivity index (χ1n) is 13.3. The van der Waals surface area contributed by atoms with E-state index in [0.29, 0.717) is 49.6 Å². The first-order valence-corrected chi connectivity index (χ1v) is 13.3. The fraction of sp³-hybridized carbons (Fsp3) is 0.808. The van der Waals surface area contributed by atoms with Crippen molar-refractivity contribution in [1.82, 2.24) is 25.3 Å². The molecule has 2 saturated heterocycles. The number of morpholine rings is 1. The molecule has 8 nitrogen and oxygen atoms in total. The minimum atomic E-state index is -3.07. The summed E-state index contributed by atoms with van der Waals surface area (Å²) in [6.45, 7) is 16.6. The van der Waals surface area contributed by atoms with Gasteiger partial charge in [-0.3, -0.25) is 14.6 Å². The Balaban J connectivity index is 1.54. The quantitative estimate of drug-likeness (QED) is 0.607. The Kier molecular flexibility index (Phi) is 8.00. The lowest BCUT2D eigenvalue weighted by molar-refractivity contribution is -0.121. The zero-order chi connectivity index (χ0) is 26.3. The molecule has 0 spiro atoms. The van der Waals surface area contributed by atoms with Gasteiger partial charge in [0.15, 0.2) is 0 Å². The minimum absolute atomic E-state index is 0.0817. The Labute approximate surface area is 213 Å². The van der Waals surface area contributed by atoms with E-state index in [1.807, 2.05) is 13.8 Å². The molecule has 1 aromatic heterocycles. The summed E-state index contributed by atoms with van der Waals surface area (Å²) in [5.41, 5.74) is 0.266. The van der Waals surface area contributed by atoms with Crippen LogP contribution in [0.15, 0.2) is 6.07 Å². The van der Waals surface area contributed by atoms with E-state index in [1.165, 1.54) is 6.07 Å². The van der Waals surface area contributed by atoms with Crippen LogP contribution >= 0.6 is 0 Å². The molecule has 0 bridgehead atoms. The predicted molar refractivity (Wildman–Crippen MR) is 135 cm³/mol. The van der Waals surface area contributed by atoms with Gasteiger partial charge in [-0.15, -0.1) is 5.10 Å². The van der Waals surface area contributed by atoms with Crippen molar-refractivity contribution in [3.63, 3.8) is 0 Å². The van der Waals surface area contributed by atoms with Gasteiger partial charge in [0.25, 0.3) is 5.92 Å². The van der Waals surface area contributed by atoms with Gasteiger partial charge in [0.1, 0.15) is 5.69 Å². The van der Waals surface area contributed by atoms with Crippen LogP contribution in [0.25, 0.3) is 0 Å². The first-order chi connectivity index (χ1) is 16.9. The third-order valence-corrected chi connectivity index (χ3v) is 7.84. The average molecular weight is 509 g/mol. The maximum atomic E-state index is 14.7. The highest BCUT2D eigenvalue weighted by molar-refractivity contribution is 5.97. The zero-order valence-corrected chi connectivity index (χ0v) is 22.6. The number of fused-ring (bicyclic) bond motifs is 1. The normalized spacial score (nSPS) is 29.4. The first kappa shape index (κ1) is 27.3. The van der Waals surface area contributed by atoms with Gasteiger partial charge in [0.05, 0.1) is 31.1 Å². The SMILES string of the molecule is CCCC(F)(F)c1cc2c(nn1)C(C)(C)CN2C(=O)CN1C[C@@H](C)NC[C@@H]1CN1[C@H](C)COC[C@H]1C. The van der Waals surface area contributed by atoms with Crippen molar-refractivity contribution in [3.8, 4) is 0 Å². The lowest BCUT2D eigenvalue weighted by atomic mass is 9.91. The molecule has 4 atom stereocenters. The molecule has 202 valence electrons. The van der Waals surface area contributed by atoms with E-state index in [0.717, 1.165) is 19.6 Å². The number of nitrogens with one attached hydrogen (secondary N) is 1. The van der Waals surface area contributed by atoms with Crippen molar-refractivity contribution in [2.24, 2.45) is 0 Å². The topological polar surface area (TPSA) is 73.8 Å². The van der Waals surface area contributed by atoms with Crippen molar-refractivity contribution in [1.29, 1.82) is 0 Å². The number of aromatic nitrogens is 2. The molecule has 0 saturated carbocycles. The number of hydrogen-bond donors (Lipinski definition) is 1. The molecule has 0 radical (unpaired) electrons. The standard InChI is InChI=1S/C26H42F2N6O2/c1-7-8-26(27,28)22-9-21-24(31-30-22)25(5,6)16-34(21)23(35)13-32-11-17(2)29-10-20(32)12-33-18(3)14-36-15-19(33)4/h9,17-20,29H,7-8,10-16H2,1-6H3/t17-,18-,19-,20-/m1/s1. The molecule has 0 aliphatic carbocycles. The van der Waals surface area contributed by atoms with Gasteiger partial charge in [0, 0.05) is 62.2 Å². The number of nitrogens with zero attached hydrogens (tertiary/aromatic N) is 5. The van der Waals surface area contributed by atoms with E-state index >= 15 is 0 Å². The molecule has 1 aromatic rings. The summed E-state index contributed by atoms with van der Waals surface area (Å²) in [4.78, 5) is 20.1. The van der Waals surface area contributed by atoms with Crippen LogP contribution in [0.3, 0.4) is 0 Å². The zero-order valence-electron chi connectivity index (χ0n) is 22.6. The summed E-state index contributed by atoms with van der Waals surface area (Å²) < 4.78 is 35.0. The van der Waals surface area contributed by atoms with Gasteiger partial charge in [-0.2, -0.15) is 13.9 Å². The summed E-state index contributed by atoms with van der Waals surface area (Å²) >= 11 is 0. The highest BCUT2D eigenvalue weighted by Gasteiger charge is 2.43. The monoisotopic (exact) mass is 508 g/mol. The summed E-state index contributed by atoms with van der Waals surface area (Å²) in [6, 6.07) is 2.46. The van der Waals surface area contributed by atoms with Crippen molar-refractivity contribution in [3.05, 3.63) is 17.5 Å². The highest BCUT2D eigenvalue weighted by atomic mass is 19.3. The fourth-order valence-corrected chi connectivity index (χ4v) is 5.77. The molecule has 2 fully saturated rings. The van der Waals surface area contributed by atoms with E-state index in [2.05, 4.69) is 46.1 Å². The van der Waals surface area contributed by atoms with Gasteiger partial charge in [-0.1, -0.05) is 27.2 Å². The Bertz CT molecular complexity index is 935. The smallest absolute Gasteiger partial charge is 0.291 e. The van der Waals surface area contributed by atoms with Gasteiger partial charge in [-0.05, 0) is 26.8 Å². The highest BCUT2D eigenvalue weighted by Crippen LogP contribution is 2.42. The largest absolute Gasteiger partial charge is 0.378 e. The van der Waals surface area contributed by atoms with Crippen molar-refractivity contribution in [2.75, 3.05) is 50.8 Å². The summed E-state index contributed by atoms with van der Waals surface area (Å²) in [6.07, 6.45) is 0.0411. The van der Waals surface area contributed by atoms with Gasteiger partial charge >= 0.3 is 0 Å². The molecular weight excluding hydrogens is 466 g/mol. The lowest BCUT2D eigenvalue weighted by Gasteiger charge is -2.46. The van der Waals surface area contributed by atoms with E-state index in [-0.39, 0.29) is 36.7 Å². The van der Waals surface area contributed by atoms with Crippen LogP contribution in [0.4, 0.5) is 14.5 Å². The predicted octanol–water partition coefficient (Wildman–Crippen LogP) is 2.76. The van der Waals surface area contributed by atoms with Gasteiger partial charge < -0.3 is 15.0 Å². The Hall–Kier alpha value is -1.75. The molecule has 4 heterocycles. The Morgan fingerprint density at radius 1 is 1.22 bits per heavy atom. The fourth-order valence-electron chi connectivity index (χ4n) is 5.77. The number of alkyl halides is 2. The number of hydrogen-bond acceptors (Lipinski definition) is 7. The van der Waals surface area contributed by atoms with Gasteiger partial charge in [0.2, 0.25) is 5.91 Å². The summed E-state index contributed by atoms with van der Waals surface area (Å²) in [7, 11) is 0.